The number of aromatic nitrogens is 2. The molecule has 1 fully saturated rings. The Labute approximate surface area is 221 Å². The van der Waals surface area contributed by atoms with Crippen molar-refractivity contribution in [1.82, 2.24) is 20.2 Å². The molecule has 0 saturated carbocycles. The highest BCUT2D eigenvalue weighted by Gasteiger charge is 2.15. The number of nitrogens with one attached hydrogen (secondary N) is 2. The van der Waals surface area contributed by atoms with E-state index >= 15 is 0 Å². The van der Waals surface area contributed by atoms with Gasteiger partial charge < -0.3 is 29.6 Å². The zero-order chi connectivity index (χ0) is 26.0. The van der Waals surface area contributed by atoms with Gasteiger partial charge in [-0.05, 0) is 24.6 Å². The van der Waals surface area contributed by atoms with Crippen LogP contribution in [-0.2, 0) is 4.74 Å². The summed E-state index contributed by atoms with van der Waals surface area (Å²) in [5, 5.41) is 6.54. The van der Waals surface area contributed by atoms with E-state index in [2.05, 4.69) is 32.4 Å². The molecule has 1 aliphatic heterocycles. The van der Waals surface area contributed by atoms with Crippen LogP contribution in [0.1, 0.15) is 19.8 Å². The van der Waals surface area contributed by atoms with Crippen LogP contribution in [0.4, 0.5) is 10.5 Å². The van der Waals surface area contributed by atoms with Crippen LogP contribution >= 0.6 is 11.6 Å². The average molecular weight is 530 g/mol. The Kier molecular flexibility index (Phi) is 9.58. The molecule has 1 saturated heterocycles. The molecule has 10 nitrogen and oxygen atoms in total. The third-order valence-corrected chi connectivity index (χ3v) is 6.18. The van der Waals surface area contributed by atoms with Gasteiger partial charge in [0.1, 0.15) is 18.7 Å². The number of hydrogen-bond acceptors (Lipinski definition) is 8. The summed E-state index contributed by atoms with van der Waals surface area (Å²) in [6.45, 7) is 7.29. The lowest BCUT2D eigenvalue weighted by atomic mass is 10.2. The summed E-state index contributed by atoms with van der Waals surface area (Å²) in [5.74, 6) is 1.97. The highest BCUT2D eigenvalue weighted by Crippen LogP contribution is 2.37. The normalized spacial score (nSPS) is 13.8. The lowest BCUT2D eigenvalue weighted by Crippen LogP contribution is -2.38. The van der Waals surface area contributed by atoms with E-state index in [-0.39, 0.29) is 6.03 Å². The van der Waals surface area contributed by atoms with Gasteiger partial charge in [0, 0.05) is 38.3 Å². The molecule has 2 heterocycles. The van der Waals surface area contributed by atoms with Gasteiger partial charge in [-0.3, -0.25) is 4.90 Å². The number of hydrogen-bond donors (Lipinski definition) is 2. The van der Waals surface area contributed by atoms with Crippen molar-refractivity contribution in [2.45, 2.75) is 19.8 Å². The number of unbranched alkanes of at least 4 members (excludes halogenated alkanes) is 1. The first-order chi connectivity index (χ1) is 18.1. The van der Waals surface area contributed by atoms with Crippen LogP contribution in [-0.4, -0.2) is 74.0 Å². The van der Waals surface area contributed by atoms with Crippen LogP contribution in [0.25, 0.3) is 10.9 Å². The molecule has 0 bridgehead atoms. The number of anilines is 1. The van der Waals surface area contributed by atoms with Crippen LogP contribution in [0.2, 0.25) is 5.02 Å². The summed E-state index contributed by atoms with van der Waals surface area (Å²) in [4.78, 5) is 23.0. The molecule has 2 amide bonds. The highest BCUT2D eigenvalue weighted by molar-refractivity contribution is 6.33. The molecule has 4 rings (SSSR count). The van der Waals surface area contributed by atoms with Gasteiger partial charge in [-0.1, -0.05) is 24.9 Å². The summed E-state index contributed by atoms with van der Waals surface area (Å²) in [7, 11) is 1.59. The van der Waals surface area contributed by atoms with Crippen molar-refractivity contribution in [2.75, 3.05) is 58.4 Å². The Balaban J connectivity index is 1.45. The molecule has 2 N–H and O–H groups in total. The molecular formula is C26H32ClN5O5. The molecule has 3 aromatic rings. The van der Waals surface area contributed by atoms with Crippen LogP contribution < -0.4 is 24.8 Å². The number of methoxy groups -OCH3 is 1. The first-order valence-electron chi connectivity index (χ1n) is 12.3. The number of carbonyl (C=O) groups is 1. The van der Waals surface area contributed by atoms with Crippen molar-refractivity contribution in [3.63, 3.8) is 0 Å². The summed E-state index contributed by atoms with van der Waals surface area (Å²) in [6.07, 6.45) is 3.34. The van der Waals surface area contributed by atoms with Crippen molar-refractivity contribution < 1.29 is 23.7 Å². The second-order valence-electron chi connectivity index (χ2n) is 8.48. The zero-order valence-electron chi connectivity index (χ0n) is 21.1. The molecule has 0 radical (unpaired) electrons. The molecule has 0 atom stereocenters. The smallest absolute Gasteiger partial charge is 0.319 e. The minimum atomic E-state index is -0.305. The predicted octanol–water partition coefficient (Wildman–Crippen LogP) is 4.72. The molecule has 2 aromatic carbocycles. The van der Waals surface area contributed by atoms with Crippen molar-refractivity contribution >= 4 is 34.2 Å². The molecule has 0 aliphatic carbocycles. The largest absolute Gasteiger partial charge is 0.493 e. The first kappa shape index (κ1) is 26.7. The number of urea groups is 1. The number of rotatable bonds is 11. The molecule has 1 aromatic heterocycles. The maximum Gasteiger partial charge on any atom is 0.319 e. The average Bonchev–Trinajstić information content (AvgIpc) is 2.91. The summed E-state index contributed by atoms with van der Waals surface area (Å²) in [6, 6.07) is 8.33. The summed E-state index contributed by atoms with van der Waals surface area (Å²) in [5.41, 5.74) is 1.14. The van der Waals surface area contributed by atoms with Gasteiger partial charge in [0.2, 0.25) is 5.88 Å². The Bertz CT molecular complexity index is 1210. The number of carbonyl (C=O) groups excluding carboxylic acids is 1. The van der Waals surface area contributed by atoms with Gasteiger partial charge >= 0.3 is 6.03 Å². The zero-order valence-corrected chi connectivity index (χ0v) is 21.8. The lowest BCUT2D eigenvalue weighted by Gasteiger charge is -2.26. The number of benzene rings is 2. The summed E-state index contributed by atoms with van der Waals surface area (Å²) >= 11 is 6.39. The standard InChI is InChI=1S/C26H32ClN5O5/c1-3-4-7-28-26(33)31-21-6-5-18(14-20(21)27)37-25-19-15-23(34-2)24(16-22(19)29-17-30-25)36-13-10-32-8-11-35-12-9-32/h5-6,14-17H,3-4,7-13H2,1-2H3,(H2,28,31,33). The monoisotopic (exact) mass is 529 g/mol. The SMILES string of the molecule is CCCCNC(=O)Nc1ccc(Oc2ncnc3cc(OCCN4CCOCC4)c(OC)cc23)cc1Cl. The highest BCUT2D eigenvalue weighted by atomic mass is 35.5. The number of amides is 2. The van der Waals surface area contributed by atoms with Gasteiger partial charge in [-0.25, -0.2) is 14.8 Å². The maximum absolute atomic E-state index is 12.0. The van der Waals surface area contributed by atoms with Gasteiger partial charge in [0.25, 0.3) is 0 Å². The Morgan fingerprint density at radius 1 is 1.16 bits per heavy atom. The van der Waals surface area contributed by atoms with E-state index < -0.39 is 0 Å². The quantitative estimate of drug-likeness (QED) is 0.344. The van der Waals surface area contributed by atoms with Gasteiger partial charge in [-0.15, -0.1) is 0 Å². The molecular weight excluding hydrogens is 498 g/mol. The fourth-order valence-corrected chi connectivity index (χ4v) is 4.04. The second kappa shape index (κ2) is 13.3. The van der Waals surface area contributed by atoms with Crippen LogP contribution in [0.15, 0.2) is 36.7 Å². The van der Waals surface area contributed by atoms with Crippen LogP contribution in [0.3, 0.4) is 0 Å². The van der Waals surface area contributed by atoms with Crippen molar-refractivity contribution in [3.8, 4) is 23.1 Å². The van der Waals surface area contributed by atoms with E-state index in [1.807, 2.05) is 6.07 Å². The fraction of sp³-hybridized carbons (Fsp3) is 0.423. The molecule has 11 heteroatoms. The Morgan fingerprint density at radius 2 is 2.00 bits per heavy atom. The van der Waals surface area contributed by atoms with Gasteiger partial charge in [-0.2, -0.15) is 0 Å². The van der Waals surface area contributed by atoms with E-state index in [4.69, 9.17) is 30.5 Å². The lowest BCUT2D eigenvalue weighted by molar-refractivity contribution is 0.0321. The Hall–Kier alpha value is -3.34. The predicted molar refractivity (Wildman–Crippen MR) is 142 cm³/mol. The van der Waals surface area contributed by atoms with E-state index in [0.717, 1.165) is 45.7 Å². The number of nitrogens with zero attached hydrogens (tertiary/aromatic N) is 3. The number of ether oxygens (including phenoxy) is 4. The third kappa shape index (κ3) is 7.34. The summed E-state index contributed by atoms with van der Waals surface area (Å²) < 4.78 is 23.0. The van der Waals surface area contributed by atoms with E-state index in [1.165, 1.54) is 6.33 Å². The topological polar surface area (TPSA) is 107 Å². The first-order valence-corrected chi connectivity index (χ1v) is 12.7. The van der Waals surface area contributed by atoms with Crippen molar-refractivity contribution in [3.05, 3.63) is 41.7 Å². The van der Waals surface area contributed by atoms with Crippen LogP contribution in [0, 0.1) is 0 Å². The fourth-order valence-electron chi connectivity index (χ4n) is 3.82. The molecule has 0 unspecified atom stereocenters. The number of morpholine rings is 1. The molecule has 198 valence electrons. The molecule has 37 heavy (non-hydrogen) atoms. The van der Waals surface area contributed by atoms with E-state index in [9.17, 15) is 4.79 Å². The number of fused-ring (bicyclic) bond motifs is 1. The third-order valence-electron chi connectivity index (χ3n) is 5.87. The minimum absolute atomic E-state index is 0.305. The molecule has 1 aliphatic rings. The maximum atomic E-state index is 12.0. The molecule has 0 spiro atoms. The second-order valence-corrected chi connectivity index (χ2v) is 8.89. The number of halogens is 1. The van der Waals surface area contributed by atoms with Gasteiger partial charge in [0.05, 0.1) is 41.9 Å². The van der Waals surface area contributed by atoms with E-state index in [1.54, 1.807) is 31.4 Å². The van der Waals surface area contributed by atoms with Crippen molar-refractivity contribution in [2.24, 2.45) is 0 Å². The Morgan fingerprint density at radius 3 is 2.76 bits per heavy atom. The van der Waals surface area contributed by atoms with Gasteiger partial charge in [0.15, 0.2) is 11.5 Å². The van der Waals surface area contributed by atoms with Crippen LogP contribution in [0.5, 0.6) is 23.1 Å². The van der Waals surface area contributed by atoms with E-state index in [0.29, 0.717) is 57.9 Å². The minimum Gasteiger partial charge on any atom is -0.493 e. The van der Waals surface area contributed by atoms with Crippen molar-refractivity contribution in [1.29, 1.82) is 0 Å².